The van der Waals surface area contributed by atoms with Crippen LogP contribution in [-0.4, -0.2) is 19.4 Å². The van der Waals surface area contributed by atoms with Gasteiger partial charge in [-0.2, -0.15) is 0 Å². The molecule has 2 aromatic rings. The molecule has 0 saturated carbocycles. The van der Waals surface area contributed by atoms with Gasteiger partial charge in [0, 0.05) is 18.3 Å². The molecule has 0 fully saturated rings. The highest BCUT2D eigenvalue weighted by molar-refractivity contribution is 5.99. The molecule has 2 nitrogen and oxygen atoms in total. The molecule has 0 atom stereocenters. The standard InChI is InChI=1S/C18H21NO/c1-13-6-5-7-16(11-13)18(20)12-19(4)17-9-8-14(2)10-15(17)3/h5-11H,12H2,1-4H3. The first kappa shape index (κ1) is 14.3. The van der Waals surface area contributed by atoms with Crippen LogP contribution in [0.1, 0.15) is 27.0 Å². The maximum atomic E-state index is 12.3. The van der Waals surface area contributed by atoms with Crippen LogP contribution < -0.4 is 4.90 Å². The molecule has 2 heteroatoms. The van der Waals surface area contributed by atoms with Crippen LogP contribution in [0, 0.1) is 20.8 Å². The zero-order valence-electron chi connectivity index (χ0n) is 12.6. The van der Waals surface area contributed by atoms with E-state index >= 15 is 0 Å². The van der Waals surface area contributed by atoms with Gasteiger partial charge >= 0.3 is 0 Å². The summed E-state index contributed by atoms with van der Waals surface area (Å²) in [7, 11) is 1.96. The third-order valence-corrected chi connectivity index (χ3v) is 3.48. The first-order valence-corrected chi connectivity index (χ1v) is 6.85. The van der Waals surface area contributed by atoms with Crippen LogP contribution in [0.5, 0.6) is 0 Å². The molecule has 20 heavy (non-hydrogen) atoms. The van der Waals surface area contributed by atoms with Gasteiger partial charge in [0.25, 0.3) is 0 Å². The summed E-state index contributed by atoms with van der Waals surface area (Å²) in [5.74, 6) is 0.149. The molecule has 0 radical (unpaired) electrons. The summed E-state index contributed by atoms with van der Waals surface area (Å²) in [5, 5.41) is 0. The second-order valence-electron chi connectivity index (χ2n) is 5.44. The SMILES string of the molecule is Cc1cccc(C(=O)CN(C)c2ccc(C)cc2C)c1. The Morgan fingerprint density at radius 2 is 1.70 bits per heavy atom. The van der Waals surface area contributed by atoms with E-state index in [1.807, 2.05) is 43.1 Å². The minimum absolute atomic E-state index is 0.149. The van der Waals surface area contributed by atoms with Gasteiger partial charge in [0.05, 0.1) is 6.54 Å². The van der Waals surface area contributed by atoms with Gasteiger partial charge in [0.1, 0.15) is 0 Å². The van der Waals surface area contributed by atoms with E-state index in [-0.39, 0.29) is 5.78 Å². The number of carbonyl (C=O) groups excluding carboxylic acids is 1. The van der Waals surface area contributed by atoms with Crippen LogP contribution in [0.4, 0.5) is 5.69 Å². The number of aryl methyl sites for hydroxylation is 3. The zero-order valence-corrected chi connectivity index (χ0v) is 12.6. The number of Topliss-reactive ketones (excluding diaryl/α,β-unsaturated/α-hetero) is 1. The van der Waals surface area contributed by atoms with Gasteiger partial charge in [-0.3, -0.25) is 4.79 Å². The van der Waals surface area contributed by atoms with E-state index in [4.69, 9.17) is 0 Å². The molecule has 0 saturated heterocycles. The molecule has 0 amide bonds. The highest BCUT2D eigenvalue weighted by Gasteiger charge is 2.11. The summed E-state index contributed by atoms with van der Waals surface area (Å²) in [4.78, 5) is 14.3. The number of hydrogen-bond acceptors (Lipinski definition) is 2. The molecule has 0 N–H and O–H groups in total. The van der Waals surface area contributed by atoms with Crippen LogP contribution in [0.3, 0.4) is 0 Å². The fraction of sp³-hybridized carbons (Fsp3) is 0.278. The molecule has 2 rings (SSSR count). The van der Waals surface area contributed by atoms with E-state index < -0.39 is 0 Å². The van der Waals surface area contributed by atoms with Crippen LogP contribution >= 0.6 is 0 Å². The van der Waals surface area contributed by atoms with Crippen molar-refractivity contribution in [2.24, 2.45) is 0 Å². The second kappa shape index (κ2) is 5.91. The topological polar surface area (TPSA) is 20.3 Å². The molecular weight excluding hydrogens is 246 g/mol. The predicted octanol–water partition coefficient (Wildman–Crippen LogP) is 3.93. The minimum atomic E-state index is 0.149. The lowest BCUT2D eigenvalue weighted by Gasteiger charge is -2.21. The second-order valence-corrected chi connectivity index (χ2v) is 5.44. The van der Waals surface area contributed by atoms with E-state index in [0.29, 0.717) is 6.54 Å². The van der Waals surface area contributed by atoms with E-state index in [9.17, 15) is 4.79 Å². The van der Waals surface area contributed by atoms with Crippen molar-refractivity contribution < 1.29 is 4.79 Å². The maximum Gasteiger partial charge on any atom is 0.182 e. The Labute approximate surface area is 121 Å². The van der Waals surface area contributed by atoms with Crippen molar-refractivity contribution in [1.29, 1.82) is 0 Å². The largest absolute Gasteiger partial charge is 0.367 e. The number of benzene rings is 2. The zero-order chi connectivity index (χ0) is 14.7. The minimum Gasteiger partial charge on any atom is -0.367 e. The number of carbonyl (C=O) groups is 1. The number of ketones is 1. The molecule has 0 bridgehead atoms. The first-order valence-electron chi connectivity index (χ1n) is 6.85. The van der Waals surface area contributed by atoms with Crippen LogP contribution in [0.2, 0.25) is 0 Å². The smallest absolute Gasteiger partial charge is 0.182 e. The maximum absolute atomic E-state index is 12.3. The van der Waals surface area contributed by atoms with Crippen molar-refractivity contribution in [3.05, 3.63) is 64.7 Å². The Morgan fingerprint density at radius 1 is 1.00 bits per heavy atom. The predicted molar refractivity (Wildman–Crippen MR) is 84.7 cm³/mol. The summed E-state index contributed by atoms with van der Waals surface area (Å²) >= 11 is 0. The molecular formula is C18H21NO. The third kappa shape index (κ3) is 3.27. The molecule has 0 aliphatic rings. The van der Waals surface area contributed by atoms with Crippen LogP contribution in [0.25, 0.3) is 0 Å². The molecule has 0 aliphatic heterocycles. The average molecular weight is 267 g/mol. The fourth-order valence-corrected chi connectivity index (χ4v) is 2.44. The third-order valence-electron chi connectivity index (χ3n) is 3.48. The Balaban J connectivity index is 2.15. The Hall–Kier alpha value is -2.09. The lowest BCUT2D eigenvalue weighted by Crippen LogP contribution is -2.26. The van der Waals surface area contributed by atoms with Crippen molar-refractivity contribution in [3.63, 3.8) is 0 Å². The Morgan fingerprint density at radius 3 is 2.35 bits per heavy atom. The van der Waals surface area contributed by atoms with E-state index in [1.165, 1.54) is 11.1 Å². The van der Waals surface area contributed by atoms with E-state index in [1.54, 1.807) is 0 Å². The van der Waals surface area contributed by atoms with Gasteiger partial charge in [0.2, 0.25) is 0 Å². The lowest BCUT2D eigenvalue weighted by molar-refractivity contribution is 0.100. The van der Waals surface area contributed by atoms with Gasteiger partial charge in [-0.05, 0) is 38.5 Å². The Bertz CT molecular complexity index is 631. The number of likely N-dealkylation sites (N-methyl/N-ethyl adjacent to an activating group) is 1. The van der Waals surface area contributed by atoms with Crippen LogP contribution in [0.15, 0.2) is 42.5 Å². The Kier molecular flexibility index (Phi) is 4.23. The molecule has 2 aromatic carbocycles. The van der Waals surface area contributed by atoms with Gasteiger partial charge in [-0.15, -0.1) is 0 Å². The highest BCUT2D eigenvalue weighted by atomic mass is 16.1. The van der Waals surface area contributed by atoms with Crippen molar-refractivity contribution in [2.45, 2.75) is 20.8 Å². The summed E-state index contributed by atoms with van der Waals surface area (Å²) in [6.07, 6.45) is 0. The molecule has 0 aliphatic carbocycles. The van der Waals surface area contributed by atoms with Gasteiger partial charge in [-0.1, -0.05) is 41.5 Å². The molecule has 0 spiro atoms. The molecule has 0 heterocycles. The summed E-state index contributed by atoms with van der Waals surface area (Å²) in [5.41, 5.74) is 5.44. The van der Waals surface area contributed by atoms with Crippen LogP contribution in [-0.2, 0) is 0 Å². The molecule has 104 valence electrons. The van der Waals surface area contributed by atoms with Crippen molar-refractivity contribution in [3.8, 4) is 0 Å². The molecule has 0 unspecified atom stereocenters. The van der Waals surface area contributed by atoms with Crippen molar-refractivity contribution >= 4 is 11.5 Å². The molecule has 0 aromatic heterocycles. The van der Waals surface area contributed by atoms with E-state index in [2.05, 4.69) is 32.0 Å². The van der Waals surface area contributed by atoms with Gasteiger partial charge in [0.15, 0.2) is 5.78 Å². The number of anilines is 1. The van der Waals surface area contributed by atoms with E-state index in [0.717, 1.165) is 16.8 Å². The summed E-state index contributed by atoms with van der Waals surface area (Å²) < 4.78 is 0. The number of rotatable bonds is 4. The fourth-order valence-electron chi connectivity index (χ4n) is 2.44. The normalized spacial score (nSPS) is 10.4. The highest BCUT2D eigenvalue weighted by Crippen LogP contribution is 2.20. The number of nitrogens with zero attached hydrogens (tertiary/aromatic N) is 1. The van der Waals surface area contributed by atoms with Crippen molar-refractivity contribution in [1.82, 2.24) is 0 Å². The quantitative estimate of drug-likeness (QED) is 0.782. The summed E-state index contributed by atoms with van der Waals surface area (Å²) in [6.45, 7) is 6.56. The summed E-state index contributed by atoms with van der Waals surface area (Å²) in [6, 6.07) is 14.1. The van der Waals surface area contributed by atoms with Crippen molar-refractivity contribution in [2.75, 3.05) is 18.5 Å². The average Bonchev–Trinajstić information content (AvgIpc) is 2.38. The first-order chi connectivity index (χ1) is 9.47. The lowest BCUT2D eigenvalue weighted by atomic mass is 10.1. The number of hydrogen-bond donors (Lipinski definition) is 0. The van der Waals surface area contributed by atoms with Gasteiger partial charge in [-0.25, -0.2) is 0 Å². The van der Waals surface area contributed by atoms with Gasteiger partial charge < -0.3 is 4.90 Å². The monoisotopic (exact) mass is 267 g/mol.